The van der Waals surface area contributed by atoms with Crippen molar-refractivity contribution < 1.29 is 4.79 Å². The fraction of sp³-hybridized carbons (Fsp3) is 0.176. The summed E-state index contributed by atoms with van der Waals surface area (Å²) in [5, 5.41) is 2.87. The number of aromatic nitrogens is 2. The maximum absolute atomic E-state index is 11.2. The van der Waals surface area contributed by atoms with Gasteiger partial charge in [0.1, 0.15) is 5.82 Å². The van der Waals surface area contributed by atoms with Crippen LogP contribution in [-0.4, -0.2) is 15.9 Å². The number of carbonyl (C=O) groups excluding carboxylic acids is 1. The number of imidazole rings is 1. The highest BCUT2D eigenvalue weighted by Gasteiger charge is 2.05. The average Bonchev–Trinajstić information content (AvgIpc) is 2.97. The Labute approximate surface area is 123 Å². The third kappa shape index (κ3) is 2.94. The molecule has 0 aliphatic rings. The topological polar surface area (TPSA) is 57.8 Å². The highest BCUT2D eigenvalue weighted by molar-refractivity contribution is 5.79. The van der Waals surface area contributed by atoms with Gasteiger partial charge < -0.3 is 10.3 Å². The van der Waals surface area contributed by atoms with E-state index < -0.39 is 0 Å². The summed E-state index contributed by atoms with van der Waals surface area (Å²) in [6.07, 6.45) is 0.511. The average molecular weight is 279 g/mol. The molecule has 0 spiro atoms. The van der Waals surface area contributed by atoms with Crippen LogP contribution < -0.4 is 5.32 Å². The van der Waals surface area contributed by atoms with Crippen LogP contribution in [0.4, 0.5) is 0 Å². The van der Waals surface area contributed by atoms with Crippen molar-refractivity contribution in [2.75, 3.05) is 0 Å². The minimum absolute atomic E-state index is 0.0661. The molecule has 21 heavy (non-hydrogen) atoms. The smallest absolute Gasteiger partial charge is 0.219 e. The zero-order valence-corrected chi connectivity index (χ0v) is 11.9. The molecule has 3 aromatic rings. The molecule has 1 aromatic heterocycles. The normalized spacial score (nSPS) is 10.7. The molecule has 0 saturated carbocycles. The zero-order valence-electron chi connectivity index (χ0n) is 11.9. The Balaban J connectivity index is 1.78. The monoisotopic (exact) mass is 279 g/mol. The van der Waals surface area contributed by atoms with Gasteiger partial charge in [0.25, 0.3) is 0 Å². The highest BCUT2D eigenvalue weighted by atomic mass is 16.1. The van der Waals surface area contributed by atoms with E-state index in [0.29, 0.717) is 13.0 Å². The zero-order chi connectivity index (χ0) is 14.7. The molecule has 0 radical (unpaired) electrons. The molecule has 0 atom stereocenters. The van der Waals surface area contributed by atoms with E-state index in [-0.39, 0.29) is 5.91 Å². The van der Waals surface area contributed by atoms with Crippen LogP contribution >= 0.6 is 0 Å². The summed E-state index contributed by atoms with van der Waals surface area (Å²) in [6.45, 7) is 2.41. The lowest BCUT2D eigenvalue weighted by Gasteiger charge is -2.04. The summed E-state index contributed by atoms with van der Waals surface area (Å²) in [4.78, 5) is 19.1. The van der Waals surface area contributed by atoms with Gasteiger partial charge in [-0.3, -0.25) is 4.79 Å². The summed E-state index contributed by atoms with van der Waals surface area (Å²) < 4.78 is 0. The molecule has 0 aliphatic heterocycles. The van der Waals surface area contributed by atoms with Crippen molar-refractivity contribution in [3.63, 3.8) is 0 Å². The van der Waals surface area contributed by atoms with Crippen LogP contribution in [0.25, 0.3) is 22.4 Å². The summed E-state index contributed by atoms with van der Waals surface area (Å²) in [6, 6.07) is 16.0. The number of aromatic amines is 1. The van der Waals surface area contributed by atoms with Crippen LogP contribution in [0.15, 0.2) is 48.5 Å². The van der Waals surface area contributed by atoms with Crippen molar-refractivity contribution in [2.45, 2.75) is 19.9 Å². The Morgan fingerprint density at radius 3 is 2.62 bits per heavy atom. The summed E-state index contributed by atoms with van der Waals surface area (Å²) >= 11 is 0. The highest BCUT2D eigenvalue weighted by Crippen LogP contribution is 2.20. The maximum Gasteiger partial charge on any atom is 0.219 e. The third-order valence-corrected chi connectivity index (χ3v) is 3.43. The molecular formula is C17H17N3O. The van der Waals surface area contributed by atoms with E-state index in [4.69, 9.17) is 0 Å². The predicted molar refractivity (Wildman–Crippen MR) is 83.7 cm³/mol. The Kier molecular flexibility index (Phi) is 3.69. The van der Waals surface area contributed by atoms with Gasteiger partial charge in [-0.1, -0.05) is 43.3 Å². The predicted octanol–water partition coefficient (Wildman–Crippen LogP) is 3.26. The second-order valence-corrected chi connectivity index (χ2v) is 4.93. The molecule has 0 saturated heterocycles. The Hall–Kier alpha value is -2.62. The number of hydrogen-bond donors (Lipinski definition) is 2. The van der Waals surface area contributed by atoms with Crippen LogP contribution in [0.2, 0.25) is 0 Å². The van der Waals surface area contributed by atoms with E-state index in [2.05, 4.69) is 15.3 Å². The number of carbonyl (C=O) groups is 1. The number of rotatable bonds is 4. The van der Waals surface area contributed by atoms with Crippen LogP contribution in [0, 0.1) is 0 Å². The number of nitrogens with one attached hydrogen (secondary N) is 2. The van der Waals surface area contributed by atoms with Crippen molar-refractivity contribution in [3.05, 3.63) is 54.1 Å². The number of nitrogens with zero attached hydrogens (tertiary/aromatic N) is 1. The summed E-state index contributed by atoms with van der Waals surface area (Å²) in [5.74, 6) is 0.928. The molecule has 2 aromatic carbocycles. The molecule has 1 amide bonds. The second kappa shape index (κ2) is 5.79. The van der Waals surface area contributed by atoms with Gasteiger partial charge in [0, 0.05) is 18.5 Å². The Bertz CT molecular complexity index is 726. The number of hydrogen-bond acceptors (Lipinski definition) is 2. The molecule has 0 bridgehead atoms. The van der Waals surface area contributed by atoms with Crippen LogP contribution in [0.5, 0.6) is 0 Å². The Morgan fingerprint density at radius 2 is 1.90 bits per heavy atom. The molecule has 2 N–H and O–H groups in total. The van der Waals surface area contributed by atoms with E-state index in [1.807, 2.05) is 55.5 Å². The van der Waals surface area contributed by atoms with Gasteiger partial charge in [-0.25, -0.2) is 4.98 Å². The van der Waals surface area contributed by atoms with Gasteiger partial charge in [0.05, 0.1) is 11.0 Å². The summed E-state index contributed by atoms with van der Waals surface area (Å²) in [5.41, 5.74) is 4.12. The second-order valence-electron chi connectivity index (χ2n) is 4.93. The van der Waals surface area contributed by atoms with Gasteiger partial charge in [-0.05, 0) is 17.7 Å². The van der Waals surface area contributed by atoms with Crippen molar-refractivity contribution >= 4 is 16.9 Å². The molecule has 4 nitrogen and oxygen atoms in total. The van der Waals surface area contributed by atoms with Gasteiger partial charge in [0.2, 0.25) is 5.91 Å². The van der Waals surface area contributed by atoms with Gasteiger partial charge in [0.15, 0.2) is 0 Å². The Morgan fingerprint density at radius 1 is 1.14 bits per heavy atom. The number of H-pyrrole nitrogens is 1. The molecule has 1 heterocycles. The van der Waals surface area contributed by atoms with Gasteiger partial charge in [-0.2, -0.15) is 0 Å². The minimum atomic E-state index is 0.0661. The largest absolute Gasteiger partial charge is 0.352 e. The standard InChI is InChI=1S/C17H17N3O/c1-2-16(21)18-11-12-7-9-13(10-8-12)17-19-14-5-3-4-6-15(14)20-17/h3-10H,2,11H2,1H3,(H,18,21)(H,19,20). The number of para-hydroxylation sites is 2. The number of fused-ring (bicyclic) bond motifs is 1. The quantitative estimate of drug-likeness (QED) is 0.770. The SMILES string of the molecule is CCC(=O)NCc1ccc(-c2nc3ccccc3[nH]2)cc1. The van der Waals surface area contributed by atoms with E-state index >= 15 is 0 Å². The van der Waals surface area contributed by atoms with Crippen molar-refractivity contribution in [2.24, 2.45) is 0 Å². The van der Waals surface area contributed by atoms with Crippen LogP contribution in [-0.2, 0) is 11.3 Å². The fourth-order valence-corrected chi connectivity index (χ4v) is 2.20. The van der Waals surface area contributed by atoms with Crippen molar-refractivity contribution in [1.82, 2.24) is 15.3 Å². The van der Waals surface area contributed by atoms with E-state index in [1.165, 1.54) is 0 Å². The van der Waals surface area contributed by atoms with Gasteiger partial charge >= 0.3 is 0 Å². The molecule has 0 aliphatic carbocycles. The molecule has 0 fully saturated rings. The van der Waals surface area contributed by atoms with E-state index in [0.717, 1.165) is 28.0 Å². The number of benzene rings is 2. The van der Waals surface area contributed by atoms with E-state index in [9.17, 15) is 4.79 Å². The van der Waals surface area contributed by atoms with Crippen LogP contribution in [0.1, 0.15) is 18.9 Å². The lowest BCUT2D eigenvalue weighted by atomic mass is 10.1. The molecule has 0 unspecified atom stereocenters. The van der Waals surface area contributed by atoms with Crippen LogP contribution in [0.3, 0.4) is 0 Å². The molecular weight excluding hydrogens is 262 g/mol. The van der Waals surface area contributed by atoms with Crippen molar-refractivity contribution in [1.29, 1.82) is 0 Å². The molecule has 3 rings (SSSR count). The lowest BCUT2D eigenvalue weighted by Crippen LogP contribution is -2.21. The minimum Gasteiger partial charge on any atom is -0.352 e. The maximum atomic E-state index is 11.2. The first-order valence-corrected chi connectivity index (χ1v) is 7.07. The fourth-order valence-electron chi connectivity index (χ4n) is 2.20. The first kappa shape index (κ1) is 13.4. The van der Waals surface area contributed by atoms with Crippen molar-refractivity contribution in [3.8, 4) is 11.4 Å². The molecule has 106 valence electrons. The molecule has 4 heteroatoms. The lowest BCUT2D eigenvalue weighted by molar-refractivity contribution is -0.120. The third-order valence-electron chi connectivity index (χ3n) is 3.43. The van der Waals surface area contributed by atoms with Gasteiger partial charge in [-0.15, -0.1) is 0 Å². The summed E-state index contributed by atoms with van der Waals surface area (Å²) in [7, 11) is 0. The first-order chi connectivity index (χ1) is 10.3. The number of amides is 1. The van der Waals surface area contributed by atoms with E-state index in [1.54, 1.807) is 0 Å². The first-order valence-electron chi connectivity index (χ1n) is 7.07.